The average Bonchev–Trinajstić information content (AvgIpc) is 3.46. The normalized spacial score (nSPS) is 11.5. The van der Waals surface area contributed by atoms with Crippen LogP contribution in [-0.2, 0) is 0 Å². The molecule has 7 rings (SSSR count). The van der Waals surface area contributed by atoms with Crippen molar-refractivity contribution < 1.29 is 0 Å². The first kappa shape index (κ1) is 18.7. The van der Waals surface area contributed by atoms with Crippen LogP contribution >= 0.6 is 0 Å². The van der Waals surface area contributed by atoms with Gasteiger partial charge in [-0.25, -0.2) is 19.9 Å². The zero-order valence-corrected chi connectivity index (χ0v) is 18.1. The predicted octanol–water partition coefficient (Wildman–Crippen LogP) is 5.97. The van der Waals surface area contributed by atoms with E-state index in [1.807, 2.05) is 24.3 Å². The molecule has 0 unspecified atom stereocenters. The molecule has 0 spiro atoms. The summed E-state index contributed by atoms with van der Waals surface area (Å²) in [5, 5.41) is 2.38. The van der Waals surface area contributed by atoms with Crippen molar-refractivity contribution in [2.24, 2.45) is 0 Å². The summed E-state index contributed by atoms with van der Waals surface area (Å²) in [5.41, 5.74) is 5.80. The number of fused-ring (bicyclic) bond motifs is 4. The van der Waals surface area contributed by atoms with Gasteiger partial charge in [-0.1, -0.05) is 54.6 Å². The Labute approximate surface area is 194 Å². The maximum absolute atomic E-state index is 4.83. The molecule has 3 aromatic carbocycles. The molecule has 7 aromatic rings. The smallest absolute Gasteiger partial charge is 0.166 e. The zero-order chi connectivity index (χ0) is 22.5. The van der Waals surface area contributed by atoms with E-state index >= 15 is 0 Å². The van der Waals surface area contributed by atoms with E-state index < -0.39 is 0 Å². The standard InChI is InChI=1S/C28H18N6/c1-2-9-19(10-3-1)33-17-22(27-29-15-8-16-30-27)25-26(33)28(32-18-31-25)34-23-13-6-4-11-20(23)21-12-5-7-14-24(21)34/h1-18H. The van der Waals surface area contributed by atoms with Gasteiger partial charge in [-0.2, -0.15) is 0 Å². The summed E-state index contributed by atoms with van der Waals surface area (Å²) in [4.78, 5) is 18.6. The fourth-order valence-corrected chi connectivity index (χ4v) is 4.75. The topological polar surface area (TPSA) is 61.4 Å². The highest BCUT2D eigenvalue weighted by Gasteiger charge is 2.22. The Morgan fingerprint density at radius 3 is 1.94 bits per heavy atom. The second kappa shape index (κ2) is 7.35. The molecule has 0 saturated carbocycles. The molecule has 0 atom stereocenters. The van der Waals surface area contributed by atoms with Crippen molar-refractivity contribution in [2.45, 2.75) is 0 Å². The Hall–Kier alpha value is -4.84. The maximum Gasteiger partial charge on any atom is 0.166 e. The fraction of sp³-hybridized carbons (Fsp3) is 0. The van der Waals surface area contributed by atoms with Gasteiger partial charge in [-0.15, -0.1) is 0 Å². The van der Waals surface area contributed by atoms with E-state index in [0.29, 0.717) is 5.82 Å². The summed E-state index contributed by atoms with van der Waals surface area (Å²) in [6, 6.07) is 28.9. The third kappa shape index (κ3) is 2.69. The fourth-order valence-electron chi connectivity index (χ4n) is 4.75. The highest BCUT2D eigenvalue weighted by Crippen LogP contribution is 2.36. The maximum atomic E-state index is 4.83. The van der Waals surface area contributed by atoms with Gasteiger partial charge in [0.2, 0.25) is 0 Å². The Balaban J connectivity index is 1.65. The molecule has 0 aliphatic heterocycles. The third-order valence-corrected chi connectivity index (χ3v) is 6.19. The van der Waals surface area contributed by atoms with Gasteiger partial charge in [0, 0.05) is 35.1 Å². The lowest BCUT2D eigenvalue weighted by atomic mass is 10.2. The Bertz CT molecular complexity index is 1750. The molecule has 0 fully saturated rings. The summed E-state index contributed by atoms with van der Waals surface area (Å²) >= 11 is 0. The van der Waals surface area contributed by atoms with E-state index in [2.05, 4.69) is 86.0 Å². The first-order chi connectivity index (χ1) is 16.9. The van der Waals surface area contributed by atoms with Crippen LogP contribution in [0.25, 0.3) is 55.7 Å². The largest absolute Gasteiger partial charge is 0.311 e. The summed E-state index contributed by atoms with van der Waals surface area (Å²) in [7, 11) is 0. The first-order valence-electron chi connectivity index (χ1n) is 11.1. The molecule has 0 N–H and O–H groups in total. The Morgan fingerprint density at radius 2 is 1.24 bits per heavy atom. The van der Waals surface area contributed by atoms with Crippen LogP contribution < -0.4 is 0 Å². The number of benzene rings is 3. The van der Waals surface area contributed by atoms with Crippen LogP contribution in [0.1, 0.15) is 0 Å². The number of hydrogen-bond acceptors (Lipinski definition) is 4. The highest BCUT2D eigenvalue weighted by atomic mass is 15.1. The van der Waals surface area contributed by atoms with E-state index in [1.165, 1.54) is 10.8 Å². The summed E-state index contributed by atoms with van der Waals surface area (Å²) in [6.45, 7) is 0. The van der Waals surface area contributed by atoms with Crippen molar-refractivity contribution in [2.75, 3.05) is 0 Å². The quantitative estimate of drug-likeness (QED) is 0.341. The molecule has 0 aliphatic carbocycles. The van der Waals surface area contributed by atoms with Crippen molar-refractivity contribution >= 4 is 32.8 Å². The second-order valence-electron chi connectivity index (χ2n) is 8.08. The van der Waals surface area contributed by atoms with Crippen LogP contribution in [0.15, 0.2) is 110 Å². The Kier molecular flexibility index (Phi) is 4.04. The summed E-state index contributed by atoms with van der Waals surface area (Å²) < 4.78 is 4.36. The van der Waals surface area contributed by atoms with Gasteiger partial charge in [0.15, 0.2) is 11.6 Å². The second-order valence-corrected chi connectivity index (χ2v) is 8.08. The minimum atomic E-state index is 0.633. The molecule has 0 radical (unpaired) electrons. The van der Waals surface area contributed by atoms with Crippen molar-refractivity contribution in [1.82, 2.24) is 29.1 Å². The van der Waals surface area contributed by atoms with Gasteiger partial charge >= 0.3 is 0 Å². The van der Waals surface area contributed by atoms with Gasteiger partial charge in [0.25, 0.3) is 0 Å². The highest BCUT2D eigenvalue weighted by molar-refractivity contribution is 6.10. The van der Waals surface area contributed by atoms with E-state index in [1.54, 1.807) is 18.7 Å². The number of hydrogen-bond donors (Lipinski definition) is 0. The molecular formula is C28H18N6. The van der Waals surface area contributed by atoms with Crippen LogP contribution in [0.2, 0.25) is 0 Å². The molecule has 0 amide bonds. The van der Waals surface area contributed by atoms with Crippen molar-refractivity contribution in [3.63, 3.8) is 0 Å². The number of rotatable bonds is 3. The lowest BCUT2D eigenvalue weighted by Gasteiger charge is -2.11. The monoisotopic (exact) mass is 438 g/mol. The van der Waals surface area contributed by atoms with Gasteiger partial charge in [-0.05, 0) is 30.3 Å². The molecule has 34 heavy (non-hydrogen) atoms. The van der Waals surface area contributed by atoms with Crippen molar-refractivity contribution in [3.8, 4) is 22.9 Å². The molecule has 160 valence electrons. The minimum Gasteiger partial charge on any atom is -0.311 e. The summed E-state index contributed by atoms with van der Waals surface area (Å²) in [6.07, 6.45) is 7.19. The van der Waals surface area contributed by atoms with Crippen molar-refractivity contribution in [1.29, 1.82) is 0 Å². The van der Waals surface area contributed by atoms with Gasteiger partial charge in [0.05, 0.1) is 16.6 Å². The van der Waals surface area contributed by atoms with Gasteiger partial charge in [-0.3, -0.25) is 4.57 Å². The molecule has 4 aromatic heterocycles. The third-order valence-electron chi connectivity index (χ3n) is 6.19. The Morgan fingerprint density at radius 1 is 0.588 bits per heavy atom. The van der Waals surface area contributed by atoms with Crippen molar-refractivity contribution in [3.05, 3.63) is 110 Å². The number of nitrogens with zero attached hydrogens (tertiary/aromatic N) is 6. The van der Waals surface area contributed by atoms with Crippen LogP contribution in [0, 0.1) is 0 Å². The number of aromatic nitrogens is 6. The minimum absolute atomic E-state index is 0.633. The van der Waals surface area contributed by atoms with Crippen LogP contribution in [0.5, 0.6) is 0 Å². The van der Waals surface area contributed by atoms with Crippen LogP contribution in [-0.4, -0.2) is 29.1 Å². The molecule has 0 bridgehead atoms. The molecule has 4 heterocycles. The lowest BCUT2D eigenvalue weighted by Crippen LogP contribution is -2.03. The van der Waals surface area contributed by atoms with Gasteiger partial charge in [0.1, 0.15) is 17.4 Å². The SMILES string of the molecule is c1ccc(-n2cc(-c3ncccn3)c3ncnc(-n4c5ccccc5c5ccccc54)c32)cc1. The summed E-state index contributed by atoms with van der Waals surface area (Å²) in [5.74, 6) is 1.45. The van der Waals surface area contributed by atoms with Crippen LogP contribution in [0.3, 0.4) is 0 Å². The van der Waals surface area contributed by atoms with E-state index in [9.17, 15) is 0 Å². The number of para-hydroxylation sites is 3. The molecule has 0 saturated heterocycles. The zero-order valence-electron chi connectivity index (χ0n) is 18.1. The molecule has 6 heteroatoms. The van der Waals surface area contributed by atoms with E-state index in [-0.39, 0.29) is 0 Å². The predicted molar refractivity (Wildman–Crippen MR) is 134 cm³/mol. The molecule has 0 aliphatic rings. The molecular weight excluding hydrogens is 420 g/mol. The average molecular weight is 438 g/mol. The first-order valence-corrected chi connectivity index (χ1v) is 11.1. The molecule has 6 nitrogen and oxygen atoms in total. The van der Waals surface area contributed by atoms with Gasteiger partial charge < -0.3 is 4.57 Å². The van der Waals surface area contributed by atoms with E-state index in [4.69, 9.17) is 9.97 Å². The van der Waals surface area contributed by atoms with Crippen LogP contribution in [0.4, 0.5) is 0 Å². The lowest BCUT2D eigenvalue weighted by molar-refractivity contribution is 1.03. The van der Waals surface area contributed by atoms with E-state index in [0.717, 1.165) is 39.1 Å².